The smallest absolute Gasteiger partial charge is 0.0594 e. The zero-order chi connectivity index (χ0) is 5.11. The van der Waals surface area contributed by atoms with Crippen LogP contribution in [0.2, 0.25) is 0 Å². The molecule has 0 saturated heterocycles. The van der Waals surface area contributed by atoms with Gasteiger partial charge in [-0.05, 0) is 25.3 Å². The second-order valence-corrected chi connectivity index (χ2v) is 2.10. The fraction of sp³-hybridized carbons (Fsp3) is 0.500. The minimum absolute atomic E-state index is 0.881. The van der Waals surface area contributed by atoms with E-state index in [-0.39, 0.29) is 0 Å². The highest BCUT2D eigenvalue weighted by atomic mass is 35.5. The number of halogens is 1. The summed E-state index contributed by atoms with van der Waals surface area (Å²) in [5, 5.41) is 0.881. The minimum atomic E-state index is 0.881. The maximum absolute atomic E-state index is 5.59. The van der Waals surface area contributed by atoms with E-state index >= 15 is 0 Å². The third-order valence-electron chi connectivity index (χ3n) is 1.00. The third-order valence-corrected chi connectivity index (χ3v) is 1.30. The second-order valence-electron chi connectivity index (χ2n) is 1.65. The van der Waals surface area contributed by atoms with Crippen LogP contribution in [0.4, 0.5) is 0 Å². The SMILES string of the molecule is ClC1=C=CCCC1. The summed E-state index contributed by atoms with van der Waals surface area (Å²) in [6, 6.07) is 0. The van der Waals surface area contributed by atoms with E-state index in [1.54, 1.807) is 0 Å². The molecular formula is C6H7Cl. The van der Waals surface area contributed by atoms with Crippen molar-refractivity contribution in [1.29, 1.82) is 0 Å². The van der Waals surface area contributed by atoms with E-state index in [1.165, 1.54) is 6.42 Å². The van der Waals surface area contributed by atoms with Crippen LogP contribution in [-0.4, -0.2) is 0 Å². The van der Waals surface area contributed by atoms with Crippen molar-refractivity contribution in [3.8, 4) is 0 Å². The first kappa shape index (κ1) is 4.96. The summed E-state index contributed by atoms with van der Waals surface area (Å²) >= 11 is 5.59. The molecule has 0 bridgehead atoms. The van der Waals surface area contributed by atoms with Gasteiger partial charge in [-0.2, -0.15) is 0 Å². The van der Waals surface area contributed by atoms with Gasteiger partial charge in [0.25, 0.3) is 0 Å². The Morgan fingerprint density at radius 3 is 2.86 bits per heavy atom. The number of rotatable bonds is 0. The molecule has 0 atom stereocenters. The average molecular weight is 115 g/mol. The van der Waals surface area contributed by atoms with Crippen molar-refractivity contribution in [3.63, 3.8) is 0 Å². The summed E-state index contributed by atoms with van der Waals surface area (Å²) in [5.74, 6) is 0. The molecule has 1 aliphatic rings. The molecule has 0 fully saturated rings. The Labute approximate surface area is 48.5 Å². The molecule has 1 heteroatoms. The monoisotopic (exact) mass is 114 g/mol. The largest absolute Gasteiger partial charge is 0.109 e. The van der Waals surface area contributed by atoms with Gasteiger partial charge in [0.2, 0.25) is 0 Å². The topological polar surface area (TPSA) is 0 Å². The molecule has 0 aromatic rings. The molecule has 0 aromatic heterocycles. The summed E-state index contributed by atoms with van der Waals surface area (Å²) in [4.78, 5) is 0. The average Bonchev–Trinajstić information content (AvgIpc) is 1.69. The lowest BCUT2D eigenvalue weighted by Gasteiger charge is -1.96. The fourth-order valence-corrected chi connectivity index (χ4v) is 0.825. The standard InChI is InChI=1S/C6H7Cl/c7-6-4-2-1-3-5-6/h2H,1,3,5H2. The highest BCUT2D eigenvalue weighted by Gasteiger charge is 1.92. The molecule has 1 aliphatic carbocycles. The number of hydrogen-bond acceptors (Lipinski definition) is 0. The van der Waals surface area contributed by atoms with Gasteiger partial charge < -0.3 is 0 Å². The molecule has 0 heterocycles. The first-order valence-electron chi connectivity index (χ1n) is 2.49. The lowest BCUT2D eigenvalue weighted by Crippen LogP contribution is -1.76. The van der Waals surface area contributed by atoms with Crippen LogP contribution in [-0.2, 0) is 0 Å². The van der Waals surface area contributed by atoms with Crippen molar-refractivity contribution >= 4 is 11.6 Å². The highest BCUT2D eigenvalue weighted by Crippen LogP contribution is 2.14. The molecule has 0 aliphatic heterocycles. The van der Waals surface area contributed by atoms with E-state index in [4.69, 9.17) is 11.6 Å². The van der Waals surface area contributed by atoms with E-state index in [0.717, 1.165) is 17.9 Å². The van der Waals surface area contributed by atoms with Gasteiger partial charge >= 0.3 is 0 Å². The summed E-state index contributed by atoms with van der Waals surface area (Å²) in [7, 11) is 0. The molecule has 0 aromatic carbocycles. The van der Waals surface area contributed by atoms with E-state index in [2.05, 4.69) is 5.73 Å². The zero-order valence-electron chi connectivity index (χ0n) is 4.08. The molecule has 0 N–H and O–H groups in total. The van der Waals surface area contributed by atoms with Crippen LogP contribution in [0.25, 0.3) is 0 Å². The Balaban J connectivity index is 2.68. The Morgan fingerprint density at radius 1 is 1.71 bits per heavy atom. The molecule has 1 rings (SSSR count). The Kier molecular flexibility index (Phi) is 1.56. The number of hydrogen-bond donors (Lipinski definition) is 0. The molecule has 38 valence electrons. The summed E-state index contributed by atoms with van der Waals surface area (Å²) < 4.78 is 0. The van der Waals surface area contributed by atoms with Gasteiger partial charge in [0.1, 0.15) is 0 Å². The van der Waals surface area contributed by atoms with Gasteiger partial charge in [0.15, 0.2) is 0 Å². The molecule has 7 heavy (non-hydrogen) atoms. The summed E-state index contributed by atoms with van der Waals surface area (Å²) in [5.41, 5.74) is 2.94. The van der Waals surface area contributed by atoms with Crippen LogP contribution in [0, 0.1) is 0 Å². The van der Waals surface area contributed by atoms with Gasteiger partial charge in [0, 0.05) is 0 Å². The lowest BCUT2D eigenvalue weighted by molar-refractivity contribution is 0.843. The lowest BCUT2D eigenvalue weighted by atomic mass is 10.2. The molecule has 0 saturated carbocycles. The van der Waals surface area contributed by atoms with Crippen molar-refractivity contribution in [1.82, 2.24) is 0 Å². The van der Waals surface area contributed by atoms with E-state index in [1.807, 2.05) is 6.08 Å². The molecule has 0 radical (unpaired) electrons. The molecule has 0 spiro atoms. The van der Waals surface area contributed by atoms with Gasteiger partial charge in [-0.15, -0.1) is 5.73 Å². The second kappa shape index (κ2) is 2.20. The maximum Gasteiger partial charge on any atom is 0.0594 e. The fourth-order valence-electron chi connectivity index (χ4n) is 0.614. The zero-order valence-corrected chi connectivity index (χ0v) is 4.83. The maximum atomic E-state index is 5.59. The van der Waals surface area contributed by atoms with E-state index in [0.29, 0.717) is 0 Å². The minimum Gasteiger partial charge on any atom is -0.109 e. The predicted octanol–water partition coefficient (Wildman–Crippen LogP) is 2.45. The molecule has 0 amide bonds. The molecule has 0 nitrogen and oxygen atoms in total. The van der Waals surface area contributed by atoms with Crippen LogP contribution >= 0.6 is 11.6 Å². The van der Waals surface area contributed by atoms with E-state index < -0.39 is 0 Å². The van der Waals surface area contributed by atoms with Gasteiger partial charge in [-0.25, -0.2) is 0 Å². The molecule has 0 unspecified atom stereocenters. The Bertz CT molecular complexity index is 118. The van der Waals surface area contributed by atoms with Crippen LogP contribution in [0.15, 0.2) is 16.8 Å². The first-order valence-corrected chi connectivity index (χ1v) is 2.87. The highest BCUT2D eigenvalue weighted by molar-refractivity contribution is 6.29. The van der Waals surface area contributed by atoms with Crippen molar-refractivity contribution in [2.24, 2.45) is 0 Å². The summed E-state index contributed by atoms with van der Waals surface area (Å²) in [6.07, 6.45) is 5.37. The van der Waals surface area contributed by atoms with Crippen LogP contribution in [0.1, 0.15) is 19.3 Å². The van der Waals surface area contributed by atoms with Gasteiger partial charge in [0.05, 0.1) is 5.03 Å². The summed E-state index contributed by atoms with van der Waals surface area (Å²) in [6.45, 7) is 0. The Hall–Kier alpha value is -0.190. The van der Waals surface area contributed by atoms with E-state index in [9.17, 15) is 0 Å². The van der Waals surface area contributed by atoms with Crippen molar-refractivity contribution < 1.29 is 0 Å². The van der Waals surface area contributed by atoms with Crippen LogP contribution < -0.4 is 0 Å². The van der Waals surface area contributed by atoms with Crippen molar-refractivity contribution in [3.05, 3.63) is 16.8 Å². The predicted molar refractivity (Wildman–Crippen MR) is 31.3 cm³/mol. The first-order chi connectivity index (χ1) is 3.39. The van der Waals surface area contributed by atoms with Crippen molar-refractivity contribution in [2.45, 2.75) is 19.3 Å². The van der Waals surface area contributed by atoms with Gasteiger partial charge in [-0.1, -0.05) is 11.6 Å². The van der Waals surface area contributed by atoms with Crippen LogP contribution in [0.5, 0.6) is 0 Å². The van der Waals surface area contributed by atoms with Crippen LogP contribution in [0.3, 0.4) is 0 Å². The molecular weight excluding hydrogens is 108 g/mol. The quantitative estimate of drug-likeness (QED) is 0.425. The van der Waals surface area contributed by atoms with Gasteiger partial charge in [-0.3, -0.25) is 0 Å². The number of allylic oxidation sites excluding steroid dienone is 1. The van der Waals surface area contributed by atoms with Crippen molar-refractivity contribution in [2.75, 3.05) is 0 Å². The normalized spacial score (nSPS) is 19.3. The third kappa shape index (κ3) is 1.38. The Morgan fingerprint density at radius 2 is 2.57 bits per heavy atom.